The van der Waals surface area contributed by atoms with Crippen LogP contribution in [0.25, 0.3) is 0 Å². The van der Waals surface area contributed by atoms with Crippen molar-refractivity contribution in [3.63, 3.8) is 0 Å². The number of amides is 1. The predicted octanol–water partition coefficient (Wildman–Crippen LogP) is 3.47. The Morgan fingerprint density at radius 2 is 1.97 bits per heavy atom. The molecule has 1 heterocycles. The molecule has 0 saturated heterocycles. The Morgan fingerprint density at radius 1 is 1.20 bits per heavy atom. The number of rotatable bonds is 8. The Kier molecular flexibility index (Phi) is 7.53. The fourth-order valence-corrected chi connectivity index (χ4v) is 3.58. The molecule has 1 atom stereocenters. The van der Waals surface area contributed by atoms with Crippen molar-refractivity contribution in [1.82, 2.24) is 5.43 Å². The minimum atomic E-state index is -0.833. The van der Waals surface area contributed by atoms with E-state index in [1.54, 1.807) is 44.6 Å². The molecule has 3 rings (SSSR count). The van der Waals surface area contributed by atoms with Gasteiger partial charge in [-0.2, -0.15) is 5.10 Å². The Balaban J connectivity index is 1.74. The van der Waals surface area contributed by atoms with Gasteiger partial charge in [-0.3, -0.25) is 4.79 Å². The van der Waals surface area contributed by atoms with Crippen LogP contribution in [-0.2, 0) is 9.53 Å². The van der Waals surface area contributed by atoms with Gasteiger partial charge >= 0.3 is 0 Å². The van der Waals surface area contributed by atoms with E-state index in [4.69, 9.17) is 23.7 Å². The number of methoxy groups -OCH3 is 2. The maximum atomic E-state index is 12.7. The van der Waals surface area contributed by atoms with Gasteiger partial charge < -0.3 is 23.7 Å². The number of carbonyl (C=O) groups excluding carboxylic acids is 1. The summed E-state index contributed by atoms with van der Waals surface area (Å²) in [5.41, 5.74) is 3.90. The molecule has 1 unspecified atom stereocenters. The molecule has 0 aliphatic carbocycles. The summed E-state index contributed by atoms with van der Waals surface area (Å²) in [6, 6.07) is 8.86. The Labute approximate surface area is 183 Å². The average molecular weight is 479 g/mol. The van der Waals surface area contributed by atoms with E-state index in [1.807, 2.05) is 6.92 Å². The molecule has 1 aliphatic rings. The van der Waals surface area contributed by atoms with E-state index < -0.39 is 12.0 Å². The standard InChI is InChI=1S/C21H23BrN2O6/c1-4-28-19(14-5-6-16-17(11-14)30-8-7-29-16)21(25)24-23-12-13-9-15(22)20(27-3)18(10-13)26-2/h5-6,9-12,19H,4,7-8H2,1-3H3,(H,24,25). The van der Waals surface area contributed by atoms with Gasteiger partial charge in [0.15, 0.2) is 29.1 Å². The van der Waals surface area contributed by atoms with Crippen LogP contribution in [0.4, 0.5) is 0 Å². The molecule has 160 valence electrons. The first kappa shape index (κ1) is 21.9. The second kappa shape index (κ2) is 10.3. The number of ether oxygens (including phenoxy) is 5. The Morgan fingerprint density at radius 3 is 2.67 bits per heavy atom. The maximum Gasteiger partial charge on any atom is 0.273 e. The minimum Gasteiger partial charge on any atom is -0.493 e. The first-order chi connectivity index (χ1) is 14.6. The number of carbonyl (C=O) groups is 1. The van der Waals surface area contributed by atoms with Crippen LogP contribution in [0, 0.1) is 0 Å². The van der Waals surface area contributed by atoms with Gasteiger partial charge in [-0.05, 0) is 58.2 Å². The van der Waals surface area contributed by atoms with Crippen LogP contribution in [0.3, 0.4) is 0 Å². The van der Waals surface area contributed by atoms with E-state index in [-0.39, 0.29) is 0 Å². The van der Waals surface area contributed by atoms with Gasteiger partial charge in [0.25, 0.3) is 5.91 Å². The molecule has 9 heteroatoms. The summed E-state index contributed by atoms with van der Waals surface area (Å²) in [6.07, 6.45) is 0.678. The third kappa shape index (κ3) is 5.03. The van der Waals surface area contributed by atoms with Gasteiger partial charge in [-0.15, -0.1) is 0 Å². The highest BCUT2D eigenvalue weighted by atomic mass is 79.9. The summed E-state index contributed by atoms with van der Waals surface area (Å²) in [7, 11) is 3.11. The predicted molar refractivity (Wildman–Crippen MR) is 115 cm³/mol. The van der Waals surface area contributed by atoms with Gasteiger partial charge in [0.1, 0.15) is 13.2 Å². The van der Waals surface area contributed by atoms with E-state index >= 15 is 0 Å². The molecule has 2 aromatic rings. The van der Waals surface area contributed by atoms with Crippen molar-refractivity contribution in [2.75, 3.05) is 34.0 Å². The van der Waals surface area contributed by atoms with Crippen molar-refractivity contribution in [2.45, 2.75) is 13.0 Å². The van der Waals surface area contributed by atoms with Gasteiger partial charge in [-0.1, -0.05) is 6.07 Å². The van der Waals surface area contributed by atoms with Crippen LogP contribution in [0.2, 0.25) is 0 Å². The molecule has 2 aromatic carbocycles. The normalized spacial score (nSPS) is 13.7. The zero-order chi connectivity index (χ0) is 21.5. The van der Waals surface area contributed by atoms with E-state index in [9.17, 15) is 4.79 Å². The molecule has 8 nitrogen and oxygen atoms in total. The number of nitrogens with zero attached hydrogens (tertiary/aromatic N) is 1. The Bertz CT molecular complexity index is 934. The fraction of sp³-hybridized carbons (Fsp3) is 0.333. The Hall–Kier alpha value is -2.78. The molecular weight excluding hydrogens is 456 g/mol. The summed E-state index contributed by atoms with van der Waals surface area (Å²) < 4.78 is 28.1. The second-order valence-corrected chi connectivity index (χ2v) is 7.07. The van der Waals surface area contributed by atoms with Crippen LogP contribution in [0.15, 0.2) is 39.9 Å². The van der Waals surface area contributed by atoms with Crippen LogP contribution in [0.1, 0.15) is 24.2 Å². The molecule has 0 aromatic heterocycles. The zero-order valence-electron chi connectivity index (χ0n) is 16.9. The van der Waals surface area contributed by atoms with Gasteiger partial charge in [-0.25, -0.2) is 5.43 Å². The number of fused-ring (bicyclic) bond motifs is 1. The molecule has 1 amide bonds. The number of hydrogen-bond acceptors (Lipinski definition) is 7. The van der Waals surface area contributed by atoms with Crippen molar-refractivity contribution in [1.29, 1.82) is 0 Å². The highest BCUT2D eigenvalue weighted by Crippen LogP contribution is 2.36. The highest BCUT2D eigenvalue weighted by molar-refractivity contribution is 9.10. The number of halogens is 1. The van der Waals surface area contributed by atoms with Crippen LogP contribution < -0.4 is 24.4 Å². The summed E-state index contributed by atoms with van der Waals surface area (Å²) in [6.45, 7) is 3.15. The lowest BCUT2D eigenvalue weighted by atomic mass is 10.1. The lowest BCUT2D eigenvalue weighted by molar-refractivity contribution is -0.133. The highest BCUT2D eigenvalue weighted by Gasteiger charge is 2.23. The maximum absolute atomic E-state index is 12.7. The van der Waals surface area contributed by atoms with E-state index in [1.165, 1.54) is 6.21 Å². The molecule has 0 spiro atoms. The van der Waals surface area contributed by atoms with E-state index in [0.29, 0.717) is 58.4 Å². The molecule has 30 heavy (non-hydrogen) atoms. The summed E-state index contributed by atoms with van der Waals surface area (Å²) in [5.74, 6) is 1.97. The zero-order valence-corrected chi connectivity index (χ0v) is 18.5. The van der Waals surface area contributed by atoms with E-state index in [2.05, 4.69) is 26.5 Å². The molecule has 0 radical (unpaired) electrons. The van der Waals surface area contributed by atoms with Gasteiger partial charge in [0.2, 0.25) is 0 Å². The van der Waals surface area contributed by atoms with Crippen molar-refractivity contribution in [3.8, 4) is 23.0 Å². The molecule has 1 N–H and O–H groups in total. The quantitative estimate of drug-likeness (QED) is 0.461. The average Bonchev–Trinajstić information content (AvgIpc) is 2.76. The number of nitrogens with one attached hydrogen (secondary N) is 1. The first-order valence-corrected chi connectivity index (χ1v) is 10.1. The van der Waals surface area contributed by atoms with Crippen molar-refractivity contribution >= 4 is 28.1 Å². The number of hydrogen-bond donors (Lipinski definition) is 1. The van der Waals surface area contributed by atoms with Crippen LogP contribution in [0.5, 0.6) is 23.0 Å². The van der Waals surface area contributed by atoms with Crippen molar-refractivity contribution < 1.29 is 28.5 Å². The largest absolute Gasteiger partial charge is 0.493 e. The third-order valence-electron chi connectivity index (χ3n) is 4.28. The van der Waals surface area contributed by atoms with E-state index in [0.717, 1.165) is 0 Å². The molecule has 0 bridgehead atoms. The summed E-state index contributed by atoms with van der Waals surface area (Å²) >= 11 is 3.43. The fourth-order valence-electron chi connectivity index (χ4n) is 2.95. The van der Waals surface area contributed by atoms with Gasteiger partial charge in [0, 0.05) is 6.61 Å². The molecule has 1 aliphatic heterocycles. The van der Waals surface area contributed by atoms with Crippen LogP contribution in [-0.4, -0.2) is 46.2 Å². The lowest BCUT2D eigenvalue weighted by Gasteiger charge is -2.21. The first-order valence-electron chi connectivity index (χ1n) is 9.33. The number of benzene rings is 2. The topological polar surface area (TPSA) is 87.6 Å². The smallest absolute Gasteiger partial charge is 0.273 e. The molecule has 0 fully saturated rings. The minimum absolute atomic E-state index is 0.360. The second-order valence-electron chi connectivity index (χ2n) is 6.21. The summed E-state index contributed by atoms with van der Waals surface area (Å²) in [4.78, 5) is 12.7. The number of hydrazone groups is 1. The molecular formula is C21H23BrN2O6. The van der Waals surface area contributed by atoms with Crippen molar-refractivity contribution in [3.05, 3.63) is 45.9 Å². The SMILES string of the molecule is CCOC(C(=O)NN=Cc1cc(Br)c(OC)c(OC)c1)c1ccc2c(c1)OCCO2. The van der Waals surface area contributed by atoms with Crippen LogP contribution >= 0.6 is 15.9 Å². The summed E-state index contributed by atoms with van der Waals surface area (Å²) in [5, 5.41) is 4.05. The molecule has 0 saturated carbocycles. The lowest BCUT2D eigenvalue weighted by Crippen LogP contribution is -2.27. The van der Waals surface area contributed by atoms with Crippen molar-refractivity contribution in [2.24, 2.45) is 5.10 Å². The third-order valence-corrected chi connectivity index (χ3v) is 4.87. The monoisotopic (exact) mass is 478 g/mol. The van der Waals surface area contributed by atoms with Gasteiger partial charge in [0.05, 0.1) is 24.9 Å².